The van der Waals surface area contributed by atoms with Crippen LogP contribution in [0, 0.1) is 35.5 Å². The largest absolute Gasteiger partial charge is 0.418 e. The number of anilines is 1. The van der Waals surface area contributed by atoms with Gasteiger partial charge in [0.2, 0.25) is 17.7 Å². The number of amides is 3. The number of allylic oxidation sites excluding steroid dienone is 2. The summed E-state index contributed by atoms with van der Waals surface area (Å²) in [5.74, 6) is -1.54. The SMILES string of the molecule is C[C@@H](C(=O)Nc1ccccc1C(F)(F)F)N1C(=O)[C@H]2[C@@H]3C=C[C@H]([C@H]4C[C@H]34)[C@@H]2C1=O. The number of alkyl halides is 3. The highest BCUT2D eigenvalue weighted by atomic mass is 19.4. The number of hydrogen-bond acceptors (Lipinski definition) is 3. The molecule has 3 amide bonds. The molecule has 5 nitrogen and oxygen atoms in total. The average molecular weight is 404 g/mol. The van der Waals surface area contributed by atoms with E-state index in [-0.39, 0.29) is 23.7 Å². The van der Waals surface area contributed by atoms with Crippen LogP contribution < -0.4 is 5.32 Å². The van der Waals surface area contributed by atoms with Gasteiger partial charge < -0.3 is 5.32 Å². The number of halogens is 3. The van der Waals surface area contributed by atoms with Gasteiger partial charge in [-0.05, 0) is 49.1 Å². The van der Waals surface area contributed by atoms with Gasteiger partial charge in [-0.3, -0.25) is 19.3 Å². The van der Waals surface area contributed by atoms with Gasteiger partial charge in [-0.25, -0.2) is 0 Å². The maximum atomic E-state index is 13.2. The van der Waals surface area contributed by atoms with Crippen molar-refractivity contribution in [3.05, 3.63) is 42.0 Å². The number of carbonyl (C=O) groups excluding carboxylic acids is 3. The zero-order valence-corrected chi connectivity index (χ0v) is 15.5. The van der Waals surface area contributed by atoms with Crippen molar-refractivity contribution in [1.82, 2.24) is 4.90 Å². The Morgan fingerprint density at radius 2 is 1.62 bits per heavy atom. The Labute approximate surface area is 164 Å². The lowest BCUT2D eigenvalue weighted by Crippen LogP contribution is -2.46. The summed E-state index contributed by atoms with van der Waals surface area (Å²) in [7, 11) is 0. The van der Waals surface area contributed by atoms with Gasteiger partial charge >= 0.3 is 6.18 Å². The minimum absolute atomic E-state index is 0.0256. The third-order valence-corrected chi connectivity index (χ3v) is 6.95. The number of nitrogens with zero attached hydrogens (tertiary/aromatic N) is 1. The summed E-state index contributed by atoms with van der Waals surface area (Å²) < 4.78 is 39.5. The van der Waals surface area contributed by atoms with Crippen LogP contribution in [0.25, 0.3) is 0 Å². The Morgan fingerprint density at radius 3 is 2.17 bits per heavy atom. The van der Waals surface area contributed by atoms with E-state index in [4.69, 9.17) is 0 Å². The zero-order chi connectivity index (χ0) is 20.7. The fourth-order valence-corrected chi connectivity index (χ4v) is 5.56. The minimum Gasteiger partial charge on any atom is -0.324 e. The summed E-state index contributed by atoms with van der Waals surface area (Å²) in [6.45, 7) is 1.38. The first-order valence-electron chi connectivity index (χ1n) is 9.72. The van der Waals surface area contributed by atoms with Crippen molar-refractivity contribution in [2.45, 2.75) is 25.6 Å². The molecule has 7 atom stereocenters. The maximum absolute atomic E-state index is 13.2. The van der Waals surface area contributed by atoms with Crippen LogP contribution in [0.4, 0.5) is 18.9 Å². The molecule has 1 saturated heterocycles. The molecule has 6 rings (SSSR count). The summed E-state index contributed by atoms with van der Waals surface area (Å²) in [6.07, 6.45) is 0.450. The molecular formula is C21H19F3N2O3. The molecule has 1 heterocycles. The monoisotopic (exact) mass is 404 g/mol. The number of nitrogens with one attached hydrogen (secondary N) is 1. The van der Waals surface area contributed by atoms with Crippen LogP contribution in [0.1, 0.15) is 18.9 Å². The predicted octanol–water partition coefficient (Wildman–Crippen LogP) is 3.09. The van der Waals surface area contributed by atoms with Crippen molar-refractivity contribution in [1.29, 1.82) is 0 Å². The van der Waals surface area contributed by atoms with E-state index in [0.29, 0.717) is 11.8 Å². The van der Waals surface area contributed by atoms with Crippen molar-refractivity contribution < 1.29 is 27.6 Å². The molecule has 8 heteroatoms. The standard InChI is InChI=1S/C21H19F3N2O3/c1-9(18(27)25-15-5-3-2-4-14(15)21(22,23)24)26-19(28)16-10-6-7-11(13-8-12(10)13)17(16)20(26)29/h2-7,9-13,16-17H,8H2,1H3,(H,25,27)/t9-,10+,11+,12+,13+,16-,17-/m0/s1. The Balaban J connectivity index is 1.38. The molecule has 3 fully saturated rings. The van der Waals surface area contributed by atoms with E-state index in [2.05, 4.69) is 5.32 Å². The molecule has 2 bridgehead atoms. The molecule has 5 aliphatic rings. The molecule has 0 spiro atoms. The van der Waals surface area contributed by atoms with E-state index in [1.165, 1.54) is 19.1 Å². The first kappa shape index (κ1) is 18.4. The lowest BCUT2D eigenvalue weighted by molar-refractivity contribution is -0.146. The topological polar surface area (TPSA) is 66.5 Å². The summed E-state index contributed by atoms with van der Waals surface area (Å²) in [5, 5.41) is 2.25. The molecule has 29 heavy (non-hydrogen) atoms. The van der Waals surface area contributed by atoms with Crippen molar-refractivity contribution in [2.24, 2.45) is 35.5 Å². The van der Waals surface area contributed by atoms with Crippen molar-refractivity contribution >= 4 is 23.4 Å². The quantitative estimate of drug-likeness (QED) is 0.622. The Bertz CT molecular complexity index is 921. The van der Waals surface area contributed by atoms with E-state index in [1.54, 1.807) is 0 Å². The van der Waals surface area contributed by atoms with E-state index in [0.717, 1.165) is 23.5 Å². The Kier molecular flexibility index (Phi) is 3.76. The van der Waals surface area contributed by atoms with E-state index >= 15 is 0 Å². The van der Waals surface area contributed by atoms with Gasteiger partial charge in [0.05, 0.1) is 23.1 Å². The first-order chi connectivity index (χ1) is 13.7. The van der Waals surface area contributed by atoms with Crippen LogP contribution >= 0.6 is 0 Å². The lowest BCUT2D eigenvalue weighted by Gasteiger charge is -2.37. The van der Waals surface area contributed by atoms with Gasteiger partial charge in [0.25, 0.3) is 0 Å². The molecule has 1 N–H and O–H groups in total. The number of rotatable bonds is 3. The first-order valence-corrected chi connectivity index (χ1v) is 9.72. The fourth-order valence-electron chi connectivity index (χ4n) is 5.56. The molecule has 0 unspecified atom stereocenters. The zero-order valence-electron chi connectivity index (χ0n) is 15.5. The third kappa shape index (κ3) is 2.57. The van der Waals surface area contributed by atoms with Crippen molar-refractivity contribution in [2.75, 3.05) is 5.32 Å². The molecule has 152 valence electrons. The highest BCUT2D eigenvalue weighted by molar-refractivity contribution is 6.10. The molecule has 1 aliphatic heterocycles. The second kappa shape index (κ2) is 5.93. The number of para-hydroxylation sites is 1. The molecule has 4 aliphatic carbocycles. The molecular weight excluding hydrogens is 385 g/mol. The molecule has 2 saturated carbocycles. The minimum atomic E-state index is -4.63. The highest BCUT2D eigenvalue weighted by Crippen LogP contribution is 2.65. The van der Waals surface area contributed by atoms with Crippen LogP contribution in [-0.4, -0.2) is 28.7 Å². The smallest absolute Gasteiger partial charge is 0.324 e. The average Bonchev–Trinajstić information content (AvgIpc) is 3.45. The fraction of sp³-hybridized carbons (Fsp3) is 0.476. The summed E-state index contributed by atoms with van der Waals surface area (Å²) in [6, 6.07) is 3.45. The van der Waals surface area contributed by atoms with Gasteiger partial charge in [-0.15, -0.1) is 0 Å². The van der Waals surface area contributed by atoms with Gasteiger partial charge in [0, 0.05) is 0 Å². The molecule has 0 aromatic heterocycles. The van der Waals surface area contributed by atoms with Crippen LogP contribution in [0.5, 0.6) is 0 Å². The van der Waals surface area contributed by atoms with E-state index in [9.17, 15) is 27.6 Å². The number of benzene rings is 1. The number of imide groups is 1. The van der Waals surface area contributed by atoms with Crippen LogP contribution in [0.15, 0.2) is 36.4 Å². The lowest BCUT2D eigenvalue weighted by atomic mass is 9.63. The van der Waals surface area contributed by atoms with Gasteiger partial charge in [0.15, 0.2) is 0 Å². The summed E-state index contributed by atoms with van der Waals surface area (Å²) in [5.41, 5.74) is -1.37. The molecule has 1 aromatic rings. The van der Waals surface area contributed by atoms with Crippen LogP contribution in [0.3, 0.4) is 0 Å². The second-order valence-corrected chi connectivity index (χ2v) is 8.41. The van der Waals surface area contributed by atoms with Crippen LogP contribution in [-0.2, 0) is 20.6 Å². The van der Waals surface area contributed by atoms with Crippen molar-refractivity contribution in [3.63, 3.8) is 0 Å². The normalized spacial score (nSPS) is 35.4. The van der Waals surface area contributed by atoms with Gasteiger partial charge in [-0.2, -0.15) is 13.2 Å². The second-order valence-electron chi connectivity index (χ2n) is 8.41. The van der Waals surface area contributed by atoms with Crippen molar-refractivity contribution in [3.8, 4) is 0 Å². The molecule has 1 aromatic carbocycles. The van der Waals surface area contributed by atoms with E-state index < -0.39 is 41.2 Å². The predicted molar refractivity (Wildman–Crippen MR) is 96.1 cm³/mol. The Morgan fingerprint density at radius 1 is 1.07 bits per heavy atom. The van der Waals surface area contributed by atoms with Gasteiger partial charge in [-0.1, -0.05) is 24.3 Å². The van der Waals surface area contributed by atoms with Gasteiger partial charge in [0.1, 0.15) is 6.04 Å². The van der Waals surface area contributed by atoms with E-state index in [1.807, 2.05) is 12.2 Å². The summed E-state index contributed by atoms with van der Waals surface area (Å²) in [4.78, 5) is 39.7. The number of hydrogen-bond donors (Lipinski definition) is 1. The maximum Gasteiger partial charge on any atom is 0.418 e. The Hall–Kier alpha value is -2.64. The summed E-state index contributed by atoms with van der Waals surface area (Å²) >= 11 is 0. The molecule has 0 radical (unpaired) electrons. The van der Waals surface area contributed by atoms with Crippen LogP contribution in [0.2, 0.25) is 0 Å². The number of carbonyl (C=O) groups is 3. The number of likely N-dealkylation sites (tertiary alicyclic amines) is 1. The third-order valence-electron chi connectivity index (χ3n) is 6.95. The highest BCUT2D eigenvalue weighted by Gasteiger charge is 2.67.